The Morgan fingerprint density at radius 2 is 1.93 bits per heavy atom. The van der Waals surface area contributed by atoms with Gasteiger partial charge in [-0.3, -0.25) is 0 Å². The molecule has 1 aliphatic rings. The first-order chi connectivity index (χ1) is 13.0. The third-order valence-electron chi connectivity index (χ3n) is 6.38. The zero-order valence-electron chi connectivity index (χ0n) is 18.8. The Morgan fingerprint density at radius 3 is 2.54 bits per heavy atom. The average Bonchev–Trinajstić information content (AvgIpc) is 2.56. The lowest BCUT2D eigenvalue weighted by Gasteiger charge is -2.44. The van der Waals surface area contributed by atoms with Gasteiger partial charge in [0.15, 0.2) is 0 Å². The lowest BCUT2D eigenvalue weighted by atomic mass is 9.71. The Kier molecular flexibility index (Phi) is 7.01. The minimum absolute atomic E-state index is 0.0783. The quantitative estimate of drug-likeness (QED) is 0.308. The molecule has 1 unspecified atom stereocenters. The highest BCUT2D eigenvalue weighted by Crippen LogP contribution is 2.51. The first-order valence-electron chi connectivity index (χ1n) is 10.6. The van der Waals surface area contributed by atoms with Gasteiger partial charge in [0.1, 0.15) is 23.4 Å². The van der Waals surface area contributed by atoms with E-state index in [1.807, 2.05) is 6.07 Å². The van der Waals surface area contributed by atoms with Crippen molar-refractivity contribution in [1.82, 2.24) is 0 Å². The van der Waals surface area contributed by atoms with Crippen LogP contribution in [-0.4, -0.2) is 17.0 Å². The smallest absolute Gasteiger partial charge is 0.127 e. The van der Waals surface area contributed by atoms with Crippen molar-refractivity contribution < 1.29 is 14.6 Å². The number of ether oxygens (including phenoxy) is 1. The van der Waals surface area contributed by atoms with Crippen molar-refractivity contribution in [2.45, 2.75) is 97.5 Å². The van der Waals surface area contributed by atoms with E-state index < -0.39 is 0 Å². The number of phenols is 1. The van der Waals surface area contributed by atoms with Crippen LogP contribution in [0.4, 0.5) is 0 Å². The number of aromatic hydroxyl groups is 1. The van der Waals surface area contributed by atoms with Gasteiger partial charge in [-0.05, 0) is 76.0 Å². The number of carbonyl (C=O) groups is 1. The van der Waals surface area contributed by atoms with Crippen molar-refractivity contribution in [3.8, 4) is 11.5 Å². The molecule has 156 valence electrons. The number of phenolic OH excluding ortho intramolecular Hbond substituents is 1. The summed E-state index contributed by atoms with van der Waals surface area (Å²) in [5.74, 6) is 1.70. The molecule has 1 aliphatic heterocycles. The summed E-state index contributed by atoms with van der Waals surface area (Å²) in [7, 11) is 0. The minimum atomic E-state index is -0.294. The lowest BCUT2D eigenvalue weighted by molar-refractivity contribution is -0.107. The second-order valence-corrected chi connectivity index (χ2v) is 9.82. The van der Waals surface area contributed by atoms with E-state index in [4.69, 9.17) is 4.74 Å². The van der Waals surface area contributed by atoms with Crippen LogP contribution in [0.25, 0.3) is 0 Å². The highest BCUT2D eigenvalue weighted by molar-refractivity contribution is 5.53. The predicted molar refractivity (Wildman–Crippen MR) is 116 cm³/mol. The molecule has 0 bridgehead atoms. The van der Waals surface area contributed by atoms with E-state index in [1.165, 1.54) is 5.57 Å². The molecule has 0 aliphatic carbocycles. The summed E-state index contributed by atoms with van der Waals surface area (Å²) in [6.45, 7) is 15.2. The van der Waals surface area contributed by atoms with Crippen molar-refractivity contribution in [1.29, 1.82) is 0 Å². The molecular weight excluding hydrogens is 348 g/mol. The SMILES string of the molecule is CC(C)=CCC1[C@@H](C)c2c(O)cc(C(C)(C)CCCCC=O)cc2OC1(C)C. The van der Waals surface area contributed by atoms with Gasteiger partial charge < -0.3 is 14.6 Å². The number of carbonyl (C=O) groups excluding carboxylic acids is 1. The maximum absolute atomic E-state index is 10.9. The van der Waals surface area contributed by atoms with Crippen LogP contribution in [0.2, 0.25) is 0 Å². The summed E-state index contributed by atoms with van der Waals surface area (Å²) < 4.78 is 6.46. The maximum atomic E-state index is 10.9. The fourth-order valence-electron chi connectivity index (χ4n) is 4.50. The summed E-state index contributed by atoms with van der Waals surface area (Å²) in [6.07, 6.45) is 7.70. The number of unbranched alkanes of at least 4 members (excludes halogenated alkanes) is 2. The Hall–Kier alpha value is -1.77. The van der Waals surface area contributed by atoms with Crippen LogP contribution in [0.3, 0.4) is 0 Å². The topological polar surface area (TPSA) is 46.5 Å². The van der Waals surface area contributed by atoms with Gasteiger partial charge in [0.05, 0.1) is 0 Å². The monoisotopic (exact) mass is 386 g/mol. The normalized spacial score (nSPS) is 20.8. The number of hydrogen-bond donors (Lipinski definition) is 1. The molecule has 1 aromatic carbocycles. The lowest BCUT2D eigenvalue weighted by Crippen LogP contribution is -2.43. The fourth-order valence-corrected chi connectivity index (χ4v) is 4.50. The second kappa shape index (κ2) is 8.71. The van der Waals surface area contributed by atoms with E-state index in [1.54, 1.807) is 0 Å². The highest BCUT2D eigenvalue weighted by Gasteiger charge is 2.42. The zero-order chi connectivity index (χ0) is 21.1. The molecule has 28 heavy (non-hydrogen) atoms. The Morgan fingerprint density at radius 1 is 1.25 bits per heavy atom. The molecule has 1 aromatic rings. The third kappa shape index (κ3) is 4.98. The first kappa shape index (κ1) is 22.5. The fraction of sp³-hybridized carbons (Fsp3) is 0.640. The van der Waals surface area contributed by atoms with Gasteiger partial charge in [-0.2, -0.15) is 0 Å². The van der Waals surface area contributed by atoms with Crippen LogP contribution in [0.15, 0.2) is 23.8 Å². The molecule has 0 aromatic heterocycles. The van der Waals surface area contributed by atoms with E-state index in [9.17, 15) is 9.90 Å². The molecular formula is C25H38O3. The van der Waals surface area contributed by atoms with Crippen molar-refractivity contribution in [2.24, 2.45) is 5.92 Å². The number of rotatable bonds is 8. The molecule has 0 spiro atoms. The van der Waals surface area contributed by atoms with E-state index >= 15 is 0 Å². The molecule has 3 nitrogen and oxygen atoms in total. The Bertz CT molecular complexity index is 724. The highest BCUT2D eigenvalue weighted by atomic mass is 16.5. The number of benzene rings is 1. The summed E-state index contributed by atoms with van der Waals surface area (Å²) in [4.78, 5) is 10.6. The average molecular weight is 387 g/mol. The van der Waals surface area contributed by atoms with Gasteiger partial charge in [0.25, 0.3) is 0 Å². The van der Waals surface area contributed by atoms with Crippen molar-refractivity contribution in [3.05, 3.63) is 34.9 Å². The van der Waals surface area contributed by atoms with Gasteiger partial charge in [0, 0.05) is 17.9 Å². The number of allylic oxidation sites excluding steroid dienone is 2. The van der Waals surface area contributed by atoms with Gasteiger partial charge in [-0.1, -0.05) is 38.8 Å². The predicted octanol–water partition coefficient (Wildman–Crippen LogP) is 6.68. The molecule has 0 radical (unpaired) electrons. The standard InChI is InChI=1S/C25H38O3/c1-17(2)11-12-20-18(3)23-21(27)15-19(16-22(23)28-25(20,6)7)24(4,5)13-9-8-10-14-26/h11,14-16,18,20,27H,8-10,12-13H2,1-7H3/t18-,20?/m1/s1. The summed E-state index contributed by atoms with van der Waals surface area (Å²) in [6, 6.07) is 4.05. The first-order valence-corrected chi connectivity index (χ1v) is 10.6. The van der Waals surface area contributed by atoms with Crippen LogP contribution in [-0.2, 0) is 10.2 Å². The number of fused-ring (bicyclic) bond motifs is 1. The number of aldehydes is 1. The van der Waals surface area contributed by atoms with Gasteiger partial charge in [0.2, 0.25) is 0 Å². The van der Waals surface area contributed by atoms with Crippen molar-refractivity contribution in [3.63, 3.8) is 0 Å². The molecule has 1 heterocycles. The van der Waals surface area contributed by atoms with E-state index in [0.717, 1.165) is 48.8 Å². The van der Waals surface area contributed by atoms with Crippen LogP contribution < -0.4 is 4.74 Å². The Labute approximate surface area is 171 Å². The van der Waals surface area contributed by atoms with Crippen LogP contribution >= 0.6 is 0 Å². The van der Waals surface area contributed by atoms with Crippen molar-refractivity contribution >= 4 is 6.29 Å². The maximum Gasteiger partial charge on any atom is 0.127 e. The third-order valence-corrected chi connectivity index (χ3v) is 6.38. The van der Waals surface area contributed by atoms with E-state index in [2.05, 4.69) is 60.6 Å². The minimum Gasteiger partial charge on any atom is -0.508 e. The Balaban J connectivity index is 2.34. The number of hydrogen-bond acceptors (Lipinski definition) is 3. The molecule has 3 heteroatoms. The second-order valence-electron chi connectivity index (χ2n) is 9.82. The van der Waals surface area contributed by atoms with Crippen LogP contribution in [0.5, 0.6) is 11.5 Å². The summed E-state index contributed by atoms with van der Waals surface area (Å²) >= 11 is 0. The molecule has 0 fully saturated rings. The van der Waals surface area contributed by atoms with Crippen molar-refractivity contribution in [2.75, 3.05) is 0 Å². The molecule has 1 N–H and O–H groups in total. The van der Waals surface area contributed by atoms with Crippen LogP contribution in [0, 0.1) is 5.92 Å². The molecule has 0 amide bonds. The molecule has 0 saturated carbocycles. The van der Waals surface area contributed by atoms with Gasteiger partial charge in [-0.15, -0.1) is 0 Å². The summed E-state index contributed by atoms with van der Waals surface area (Å²) in [5.41, 5.74) is 2.97. The van der Waals surface area contributed by atoms with E-state index in [0.29, 0.717) is 18.1 Å². The largest absolute Gasteiger partial charge is 0.508 e. The van der Waals surface area contributed by atoms with E-state index in [-0.39, 0.29) is 16.9 Å². The van der Waals surface area contributed by atoms with Crippen LogP contribution in [0.1, 0.15) is 97.6 Å². The zero-order valence-corrected chi connectivity index (χ0v) is 18.8. The summed E-state index contributed by atoms with van der Waals surface area (Å²) in [5, 5.41) is 10.9. The molecule has 2 atom stereocenters. The van der Waals surface area contributed by atoms with Gasteiger partial charge >= 0.3 is 0 Å². The molecule has 2 rings (SSSR count). The van der Waals surface area contributed by atoms with Gasteiger partial charge in [-0.25, -0.2) is 0 Å². The molecule has 0 saturated heterocycles.